The molecule has 0 saturated heterocycles. The third kappa shape index (κ3) is 2.50. The Bertz CT molecular complexity index is 565. The lowest BCUT2D eigenvalue weighted by Crippen LogP contribution is -2.15. The molecule has 1 aliphatic rings. The van der Waals surface area contributed by atoms with Crippen LogP contribution < -0.4 is 4.74 Å². The van der Waals surface area contributed by atoms with Gasteiger partial charge in [-0.15, -0.1) is 0 Å². The Balaban J connectivity index is 1.97. The smallest absolute Gasteiger partial charge is 0.149 e. The lowest BCUT2D eigenvalue weighted by atomic mass is 9.99. The number of rotatable bonds is 1. The number of aryl methyl sites for hydroxylation is 1. The molecule has 0 saturated carbocycles. The summed E-state index contributed by atoms with van der Waals surface area (Å²) in [6.45, 7) is 0. The molecule has 1 aliphatic heterocycles. The minimum Gasteiger partial charge on any atom is -0.480 e. The van der Waals surface area contributed by atoms with Gasteiger partial charge in [0.05, 0.1) is 0 Å². The largest absolute Gasteiger partial charge is 0.480 e. The predicted octanol–water partition coefficient (Wildman–Crippen LogP) is 5.09. The second kappa shape index (κ2) is 5.10. The monoisotopic (exact) mass is 370 g/mol. The van der Waals surface area contributed by atoms with Crippen LogP contribution in [0.5, 0.6) is 5.75 Å². The summed E-state index contributed by atoms with van der Waals surface area (Å²) in [7, 11) is 0. The Kier molecular flexibility index (Phi) is 3.48. The van der Waals surface area contributed by atoms with Gasteiger partial charge >= 0.3 is 0 Å². The Labute approximate surface area is 125 Å². The van der Waals surface area contributed by atoms with E-state index in [-0.39, 0.29) is 0 Å². The molecule has 0 amide bonds. The molecule has 1 heterocycles. The first kappa shape index (κ1) is 12.3. The average molecular weight is 371 g/mol. The van der Waals surface area contributed by atoms with Gasteiger partial charge in [-0.3, -0.25) is 0 Å². The highest BCUT2D eigenvalue weighted by Gasteiger charge is 2.17. The van der Waals surface area contributed by atoms with Gasteiger partial charge in [-0.25, -0.2) is 0 Å². The molecule has 0 N–H and O–H groups in total. The van der Waals surface area contributed by atoms with Crippen LogP contribution in [0.3, 0.4) is 0 Å². The van der Waals surface area contributed by atoms with Gasteiger partial charge < -0.3 is 4.74 Å². The van der Waals surface area contributed by atoms with E-state index in [0.717, 1.165) is 23.6 Å². The fourth-order valence-electron chi connectivity index (χ4n) is 2.18. The van der Waals surface area contributed by atoms with Crippen LogP contribution in [0, 0.1) is 0 Å². The van der Waals surface area contributed by atoms with Crippen molar-refractivity contribution < 1.29 is 4.74 Å². The second-order valence-corrected chi connectivity index (χ2v) is 6.22. The number of hydrogen-bond acceptors (Lipinski definition) is 1. The molecule has 92 valence electrons. The average Bonchev–Trinajstić information content (AvgIpc) is 2.39. The van der Waals surface area contributed by atoms with Crippen molar-refractivity contribution in [3.8, 4) is 16.9 Å². The normalized spacial score (nSPS) is 18.0. The summed E-state index contributed by atoms with van der Waals surface area (Å²) in [4.78, 5) is 0. The molecule has 1 unspecified atom stereocenters. The summed E-state index contributed by atoms with van der Waals surface area (Å²) in [5.74, 6) is 1.03. The lowest BCUT2D eigenvalue weighted by Gasteiger charge is -2.22. The summed E-state index contributed by atoms with van der Waals surface area (Å²) in [5, 5.41) is 0.771. The van der Waals surface area contributed by atoms with E-state index in [1.165, 1.54) is 16.7 Å². The van der Waals surface area contributed by atoms with Crippen molar-refractivity contribution in [2.24, 2.45) is 0 Å². The Morgan fingerprint density at radius 3 is 2.56 bits per heavy atom. The van der Waals surface area contributed by atoms with E-state index in [2.05, 4.69) is 52.9 Å². The van der Waals surface area contributed by atoms with Crippen LogP contribution in [-0.4, -0.2) is 4.11 Å². The van der Waals surface area contributed by atoms with Crippen LogP contribution in [0.2, 0.25) is 5.02 Å². The van der Waals surface area contributed by atoms with Crippen LogP contribution in [0.1, 0.15) is 12.0 Å². The van der Waals surface area contributed by atoms with E-state index in [9.17, 15) is 0 Å². The van der Waals surface area contributed by atoms with Gasteiger partial charge in [0.15, 0.2) is 0 Å². The van der Waals surface area contributed by atoms with E-state index in [0.29, 0.717) is 4.11 Å². The molecule has 1 atom stereocenters. The SMILES string of the molecule is Clc1ccc(-c2ccc3c(c2)CCC(I)O3)cc1. The van der Waals surface area contributed by atoms with Crippen molar-refractivity contribution in [1.29, 1.82) is 0 Å². The van der Waals surface area contributed by atoms with Gasteiger partial charge in [0.1, 0.15) is 9.86 Å². The van der Waals surface area contributed by atoms with E-state index < -0.39 is 0 Å². The topological polar surface area (TPSA) is 9.23 Å². The van der Waals surface area contributed by atoms with Crippen molar-refractivity contribution in [3.63, 3.8) is 0 Å². The zero-order chi connectivity index (χ0) is 12.5. The lowest BCUT2D eigenvalue weighted by molar-refractivity contribution is 0.270. The van der Waals surface area contributed by atoms with Crippen molar-refractivity contribution in [2.45, 2.75) is 17.0 Å². The Hall–Kier alpha value is -0.740. The number of fused-ring (bicyclic) bond motifs is 1. The number of ether oxygens (including phenoxy) is 1. The first-order chi connectivity index (χ1) is 8.72. The van der Waals surface area contributed by atoms with Crippen molar-refractivity contribution in [1.82, 2.24) is 0 Å². The van der Waals surface area contributed by atoms with Gasteiger partial charge in [-0.05, 0) is 76.4 Å². The molecular weight excluding hydrogens is 359 g/mol. The molecule has 3 heteroatoms. The highest BCUT2D eigenvalue weighted by molar-refractivity contribution is 14.1. The molecule has 0 aromatic heterocycles. The standard InChI is InChI=1S/C15H12ClIO/c16-13-5-1-10(2-6-13)11-3-7-14-12(9-11)4-8-15(17)18-14/h1-3,5-7,9,15H,4,8H2. The Morgan fingerprint density at radius 2 is 1.78 bits per heavy atom. The highest BCUT2D eigenvalue weighted by Crippen LogP contribution is 2.33. The fourth-order valence-corrected chi connectivity index (χ4v) is 2.89. The summed E-state index contributed by atoms with van der Waals surface area (Å²) < 4.78 is 6.11. The maximum atomic E-state index is 5.91. The number of hydrogen-bond donors (Lipinski definition) is 0. The molecule has 0 spiro atoms. The summed E-state index contributed by atoms with van der Waals surface area (Å²) in [6, 6.07) is 14.4. The van der Waals surface area contributed by atoms with Crippen LogP contribution in [0.4, 0.5) is 0 Å². The van der Waals surface area contributed by atoms with E-state index >= 15 is 0 Å². The summed E-state index contributed by atoms with van der Waals surface area (Å²) in [5.41, 5.74) is 3.72. The minimum absolute atomic E-state index is 0.302. The zero-order valence-corrected chi connectivity index (χ0v) is 12.6. The maximum absolute atomic E-state index is 5.91. The molecule has 0 fully saturated rings. The van der Waals surface area contributed by atoms with Crippen LogP contribution in [0.25, 0.3) is 11.1 Å². The van der Waals surface area contributed by atoms with Gasteiger partial charge in [0.2, 0.25) is 0 Å². The quantitative estimate of drug-likeness (QED) is 0.502. The minimum atomic E-state index is 0.302. The third-order valence-corrected chi connectivity index (χ3v) is 4.26. The van der Waals surface area contributed by atoms with Crippen LogP contribution in [-0.2, 0) is 6.42 Å². The third-order valence-electron chi connectivity index (χ3n) is 3.13. The summed E-state index contributed by atoms with van der Waals surface area (Å²) in [6.07, 6.45) is 2.17. The Morgan fingerprint density at radius 1 is 1.06 bits per heavy atom. The van der Waals surface area contributed by atoms with E-state index in [4.69, 9.17) is 16.3 Å². The number of alkyl halides is 1. The molecule has 3 rings (SSSR count). The zero-order valence-electron chi connectivity index (χ0n) is 9.70. The molecular formula is C15H12ClIO. The van der Waals surface area contributed by atoms with Gasteiger partial charge in [0.25, 0.3) is 0 Å². The van der Waals surface area contributed by atoms with Crippen LogP contribution in [0.15, 0.2) is 42.5 Å². The fraction of sp³-hybridized carbons (Fsp3) is 0.200. The second-order valence-electron chi connectivity index (χ2n) is 4.40. The number of halogens is 2. The summed E-state index contributed by atoms with van der Waals surface area (Å²) >= 11 is 8.25. The van der Waals surface area contributed by atoms with E-state index in [1.54, 1.807) is 0 Å². The maximum Gasteiger partial charge on any atom is 0.149 e. The van der Waals surface area contributed by atoms with Gasteiger partial charge in [0, 0.05) is 5.02 Å². The van der Waals surface area contributed by atoms with Crippen molar-refractivity contribution in [3.05, 3.63) is 53.1 Å². The molecule has 0 bridgehead atoms. The van der Waals surface area contributed by atoms with Crippen LogP contribution >= 0.6 is 34.2 Å². The molecule has 1 nitrogen and oxygen atoms in total. The molecule has 2 aromatic rings. The first-order valence-corrected chi connectivity index (χ1v) is 7.54. The molecule has 18 heavy (non-hydrogen) atoms. The number of benzene rings is 2. The van der Waals surface area contributed by atoms with Crippen molar-refractivity contribution >= 4 is 34.2 Å². The van der Waals surface area contributed by atoms with E-state index in [1.807, 2.05) is 12.1 Å². The predicted molar refractivity (Wildman–Crippen MR) is 83.6 cm³/mol. The molecule has 0 aliphatic carbocycles. The molecule has 0 radical (unpaired) electrons. The first-order valence-electron chi connectivity index (χ1n) is 5.92. The van der Waals surface area contributed by atoms with Gasteiger partial charge in [-0.1, -0.05) is 29.8 Å². The highest BCUT2D eigenvalue weighted by atomic mass is 127. The van der Waals surface area contributed by atoms with Crippen molar-refractivity contribution in [2.75, 3.05) is 0 Å². The van der Waals surface area contributed by atoms with Gasteiger partial charge in [-0.2, -0.15) is 0 Å². The molecule has 2 aromatic carbocycles.